The summed E-state index contributed by atoms with van der Waals surface area (Å²) in [5.74, 6) is -0.371. The summed E-state index contributed by atoms with van der Waals surface area (Å²) >= 11 is 0. The Kier molecular flexibility index (Phi) is 8.61. The number of nitrogens with zero attached hydrogens (tertiary/aromatic N) is 2. The lowest BCUT2D eigenvalue weighted by atomic mass is 10.0. The van der Waals surface area contributed by atoms with E-state index < -0.39 is 0 Å². The highest BCUT2D eigenvalue weighted by atomic mass is 35.5. The maximum absolute atomic E-state index is 13.3. The summed E-state index contributed by atoms with van der Waals surface area (Å²) < 4.78 is 13.3. The van der Waals surface area contributed by atoms with E-state index in [0.29, 0.717) is 31.7 Å². The third-order valence-electron chi connectivity index (χ3n) is 5.07. The number of halogens is 2. The van der Waals surface area contributed by atoms with Crippen LogP contribution in [0.3, 0.4) is 0 Å². The van der Waals surface area contributed by atoms with Crippen molar-refractivity contribution in [1.82, 2.24) is 9.80 Å². The minimum atomic E-state index is -0.340. The Bertz CT molecular complexity index is 819. The van der Waals surface area contributed by atoms with Crippen molar-refractivity contribution in [3.8, 4) is 0 Å². The van der Waals surface area contributed by atoms with E-state index in [0.717, 1.165) is 12.0 Å². The zero-order valence-corrected chi connectivity index (χ0v) is 17.1. The number of benzene rings is 2. The molecule has 0 aromatic heterocycles. The zero-order chi connectivity index (χ0) is 19.9. The van der Waals surface area contributed by atoms with Crippen LogP contribution in [0.25, 0.3) is 0 Å². The Morgan fingerprint density at radius 2 is 1.59 bits per heavy atom. The summed E-state index contributed by atoms with van der Waals surface area (Å²) in [6.07, 6.45) is 1.15. The van der Waals surface area contributed by atoms with Gasteiger partial charge in [0.1, 0.15) is 5.82 Å². The number of hydrogen-bond acceptors (Lipinski definition) is 3. The number of amides is 2. The Balaban J connectivity index is 0.00000300. The van der Waals surface area contributed by atoms with Gasteiger partial charge in [0, 0.05) is 38.6 Å². The lowest BCUT2D eigenvalue weighted by Crippen LogP contribution is -2.38. The maximum Gasteiger partial charge on any atom is 0.227 e. The second-order valence-corrected chi connectivity index (χ2v) is 7.14. The highest BCUT2D eigenvalue weighted by Crippen LogP contribution is 2.16. The lowest BCUT2D eigenvalue weighted by Gasteiger charge is -2.23. The second-order valence-electron chi connectivity index (χ2n) is 7.14. The van der Waals surface area contributed by atoms with Crippen molar-refractivity contribution >= 4 is 24.2 Å². The third-order valence-corrected chi connectivity index (χ3v) is 5.07. The molecule has 2 aromatic carbocycles. The molecule has 7 heteroatoms. The standard InChI is InChI=1S/C22H26FN3O2.ClH/c23-19-9-4-6-17(14-19)15-21(27)25-10-5-11-26(13-12-25)22(28)16-20(24)18-7-2-1-3-8-18;/h1-4,6-9,14,20H,5,10-13,15-16,24H2;1H. The van der Waals surface area contributed by atoms with Gasteiger partial charge in [-0.1, -0.05) is 42.5 Å². The fraction of sp³-hybridized carbons (Fsp3) is 0.364. The largest absolute Gasteiger partial charge is 0.341 e. The van der Waals surface area contributed by atoms with Crippen molar-refractivity contribution in [3.05, 3.63) is 71.5 Å². The Hall–Kier alpha value is -2.44. The van der Waals surface area contributed by atoms with Crippen molar-refractivity contribution in [2.45, 2.75) is 25.3 Å². The molecule has 2 amide bonds. The lowest BCUT2D eigenvalue weighted by molar-refractivity contribution is -0.133. The molecule has 0 saturated carbocycles. The van der Waals surface area contributed by atoms with Crippen molar-refractivity contribution in [1.29, 1.82) is 0 Å². The molecule has 1 fully saturated rings. The number of carbonyl (C=O) groups excluding carboxylic acids is 2. The molecule has 1 atom stereocenters. The Morgan fingerprint density at radius 3 is 2.24 bits per heavy atom. The van der Waals surface area contributed by atoms with Crippen molar-refractivity contribution in [2.24, 2.45) is 5.73 Å². The smallest absolute Gasteiger partial charge is 0.227 e. The molecule has 29 heavy (non-hydrogen) atoms. The van der Waals surface area contributed by atoms with Crippen LogP contribution in [0.2, 0.25) is 0 Å². The van der Waals surface area contributed by atoms with E-state index in [1.165, 1.54) is 12.1 Å². The Morgan fingerprint density at radius 1 is 0.931 bits per heavy atom. The molecular weight excluding hydrogens is 393 g/mol. The van der Waals surface area contributed by atoms with Crippen LogP contribution in [0.5, 0.6) is 0 Å². The summed E-state index contributed by atoms with van der Waals surface area (Å²) in [5, 5.41) is 0. The van der Waals surface area contributed by atoms with Gasteiger partial charge in [0.2, 0.25) is 11.8 Å². The van der Waals surface area contributed by atoms with Gasteiger partial charge in [-0.05, 0) is 29.7 Å². The molecule has 156 valence electrons. The van der Waals surface area contributed by atoms with Crippen LogP contribution in [-0.4, -0.2) is 47.8 Å². The van der Waals surface area contributed by atoms with Gasteiger partial charge in [-0.2, -0.15) is 0 Å². The first-order valence-electron chi connectivity index (χ1n) is 9.63. The van der Waals surface area contributed by atoms with Crippen LogP contribution in [0.15, 0.2) is 54.6 Å². The van der Waals surface area contributed by atoms with Crippen molar-refractivity contribution < 1.29 is 14.0 Å². The SMILES string of the molecule is Cl.NC(CC(=O)N1CCCN(C(=O)Cc2cccc(F)c2)CC1)c1ccccc1. The summed E-state index contributed by atoms with van der Waals surface area (Å²) in [4.78, 5) is 28.7. The molecule has 1 aliphatic rings. The molecule has 0 radical (unpaired) electrons. The zero-order valence-electron chi connectivity index (χ0n) is 16.3. The quantitative estimate of drug-likeness (QED) is 0.810. The topological polar surface area (TPSA) is 66.6 Å². The van der Waals surface area contributed by atoms with E-state index >= 15 is 0 Å². The molecule has 0 spiro atoms. The number of hydrogen-bond donors (Lipinski definition) is 1. The van der Waals surface area contributed by atoms with Crippen LogP contribution in [0, 0.1) is 5.82 Å². The van der Waals surface area contributed by atoms with E-state index in [1.54, 1.807) is 21.9 Å². The van der Waals surface area contributed by atoms with Gasteiger partial charge in [0.25, 0.3) is 0 Å². The maximum atomic E-state index is 13.3. The van der Waals surface area contributed by atoms with Crippen molar-refractivity contribution in [3.63, 3.8) is 0 Å². The average molecular weight is 420 g/mol. The number of rotatable bonds is 5. The van der Waals surface area contributed by atoms with Crippen molar-refractivity contribution in [2.75, 3.05) is 26.2 Å². The molecule has 1 aliphatic heterocycles. The molecule has 0 bridgehead atoms. The van der Waals surface area contributed by atoms with Gasteiger partial charge in [0.15, 0.2) is 0 Å². The predicted octanol–water partition coefficient (Wildman–Crippen LogP) is 2.94. The molecular formula is C22H27ClFN3O2. The molecule has 2 aromatic rings. The first-order chi connectivity index (χ1) is 13.5. The number of nitrogens with two attached hydrogens (primary N) is 1. The monoisotopic (exact) mass is 419 g/mol. The molecule has 1 unspecified atom stereocenters. The van der Waals surface area contributed by atoms with E-state index in [9.17, 15) is 14.0 Å². The molecule has 3 rings (SSSR count). The highest BCUT2D eigenvalue weighted by Gasteiger charge is 2.23. The molecule has 2 N–H and O–H groups in total. The van der Waals surface area contributed by atoms with Crippen LogP contribution < -0.4 is 5.73 Å². The predicted molar refractivity (Wildman–Crippen MR) is 113 cm³/mol. The number of carbonyl (C=O) groups is 2. The molecule has 1 heterocycles. The summed E-state index contributed by atoms with van der Waals surface area (Å²) in [5.41, 5.74) is 7.78. The summed E-state index contributed by atoms with van der Waals surface area (Å²) in [7, 11) is 0. The summed E-state index contributed by atoms with van der Waals surface area (Å²) in [6.45, 7) is 2.20. The van der Waals surface area contributed by atoms with Crippen LogP contribution in [0.4, 0.5) is 4.39 Å². The first kappa shape index (κ1) is 22.8. The molecule has 0 aliphatic carbocycles. The van der Waals surface area contributed by atoms with Gasteiger partial charge in [-0.25, -0.2) is 4.39 Å². The minimum Gasteiger partial charge on any atom is -0.341 e. The average Bonchev–Trinajstić information content (AvgIpc) is 2.95. The van der Waals surface area contributed by atoms with Crippen LogP contribution >= 0.6 is 12.4 Å². The van der Waals surface area contributed by atoms with E-state index in [4.69, 9.17) is 5.73 Å². The van der Waals surface area contributed by atoms with Gasteiger partial charge in [-0.15, -0.1) is 12.4 Å². The van der Waals surface area contributed by atoms with Crippen LogP contribution in [-0.2, 0) is 16.0 Å². The van der Waals surface area contributed by atoms with Gasteiger partial charge < -0.3 is 15.5 Å². The third kappa shape index (κ3) is 6.54. The van der Waals surface area contributed by atoms with Crippen LogP contribution in [0.1, 0.15) is 30.0 Å². The normalized spacial score (nSPS) is 15.2. The molecule has 1 saturated heterocycles. The Labute approximate surface area is 177 Å². The van der Waals surface area contributed by atoms with Gasteiger partial charge in [-0.3, -0.25) is 9.59 Å². The first-order valence-corrected chi connectivity index (χ1v) is 9.63. The van der Waals surface area contributed by atoms with E-state index in [2.05, 4.69) is 0 Å². The van der Waals surface area contributed by atoms with Gasteiger partial charge >= 0.3 is 0 Å². The van der Waals surface area contributed by atoms with E-state index in [-0.39, 0.29) is 48.9 Å². The fourth-order valence-corrected chi connectivity index (χ4v) is 3.48. The minimum absolute atomic E-state index is 0. The fourth-order valence-electron chi connectivity index (χ4n) is 3.48. The summed E-state index contributed by atoms with van der Waals surface area (Å²) in [6, 6.07) is 15.4. The second kappa shape index (κ2) is 10.9. The highest BCUT2D eigenvalue weighted by molar-refractivity contribution is 5.85. The van der Waals surface area contributed by atoms with E-state index in [1.807, 2.05) is 30.3 Å². The van der Waals surface area contributed by atoms with Gasteiger partial charge in [0.05, 0.1) is 6.42 Å². The molecule has 5 nitrogen and oxygen atoms in total.